The van der Waals surface area contributed by atoms with Gasteiger partial charge in [0.2, 0.25) is 0 Å². The first-order valence-corrected chi connectivity index (χ1v) is 6.98. The molecule has 1 fully saturated rings. The molecule has 1 unspecified atom stereocenters. The van der Waals surface area contributed by atoms with Crippen molar-refractivity contribution in [3.05, 3.63) is 0 Å². The zero-order chi connectivity index (χ0) is 15.8. The molecule has 0 aromatic rings. The number of carboxylic acid groups (broad SMARTS) is 1. The molecule has 1 heterocycles. The van der Waals surface area contributed by atoms with Gasteiger partial charge in [-0.2, -0.15) is 0 Å². The maximum absolute atomic E-state index is 11.7. The molecule has 2 amide bonds. The van der Waals surface area contributed by atoms with E-state index in [4.69, 9.17) is 5.11 Å². The van der Waals surface area contributed by atoms with E-state index in [1.165, 1.54) is 7.11 Å². The molecule has 3 N–H and O–H groups in total. The van der Waals surface area contributed by atoms with Crippen LogP contribution in [0, 0.1) is 0 Å². The third-order valence-corrected chi connectivity index (χ3v) is 3.64. The van der Waals surface area contributed by atoms with E-state index in [1.807, 2.05) is 7.05 Å². The molecule has 0 aliphatic carbocycles. The number of hydrogen-bond donors (Lipinski definition) is 3. The highest BCUT2D eigenvalue weighted by Crippen LogP contribution is 2.13. The van der Waals surface area contributed by atoms with Crippen molar-refractivity contribution in [1.82, 2.24) is 15.5 Å². The minimum absolute atomic E-state index is 0.00123. The van der Waals surface area contributed by atoms with Gasteiger partial charge in [-0.05, 0) is 32.9 Å². The number of ether oxygens (including phenoxy) is 1. The lowest BCUT2D eigenvalue weighted by atomic mass is 10.1. The van der Waals surface area contributed by atoms with E-state index < -0.39 is 24.0 Å². The molecular formula is C13H23N3O5. The smallest absolute Gasteiger partial charge is 0.326 e. The Morgan fingerprint density at radius 3 is 2.67 bits per heavy atom. The maximum atomic E-state index is 11.7. The van der Waals surface area contributed by atoms with Gasteiger partial charge in [-0.3, -0.25) is 4.79 Å². The van der Waals surface area contributed by atoms with E-state index in [0.717, 1.165) is 19.4 Å². The van der Waals surface area contributed by atoms with Crippen LogP contribution in [-0.2, 0) is 14.3 Å². The lowest BCUT2D eigenvalue weighted by Gasteiger charge is -2.21. The normalized spacial score (nSPS) is 19.8. The Bertz CT molecular complexity index is 388. The molecule has 0 saturated carbocycles. The predicted octanol–water partition coefficient (Wildman–Crippen LogP) is -0.214. The van der Waals surface area contributed by atoms with E-state index in [0.29, 0.717) is 6.54 Å². The Labute approximate surface area is 123 Å². The molecule has 1 saturated heterocycles. The molecule has 0 bridgehead atoms. The number of nitrogens with one attached hydrogen (secondary N) is 2. The molecule has 1 aliphatic rings. The van der Waals surface area contributed by atoms with Gasteiger partial charge >= 0.3 is 18.0 Å². The van der Waals surface area contributed by atoms with Crippen molar-refractivity contribution >= 4 is 18.0 Å². The minimum Gasteiger partial charge on any atom is -0.480 e. The first-order valence-electron chi connectivity index (χ1n) is 6.98. The van der Waals surface area contributed by atoms with Gasteiger partial charge in [-0.25, -0.2) is 9.59 Å². The Morgan fingerprint density at radius 1 is 1.43 bits per heavy atom. The number of nitrogens with zero attached hydrogens (tertiary/aromatic N) is 1. The summed E-state index contributed by atoms with van der Waals surface area (Å²) in [5, 5.41) is 14.1. The van der Waals surface area contributed by atoms with E-state index >= 15 is 0 Å². The van der Waals surface area contributed by atoms with Crippen molar-refractivity contribution in [2.45, 2.75) is 37.8 Å². The van der Waals surface area contributed by atoms with E-state index in [-0.39, 0.29) is 18.9 Å². The van der Waals surface area contributed by atoms with Gasteiger partial charge in [0.25, 0.3) is 0 Å². The molecule has 0 aromatic heterocycles. The van der Waals surface area contributed by atoms with Gasteiger partial charge < -0.3 is 25.4 Å². The van der Waals surface area contributed by atoms with Crippen molar-refractivity contribution in [2.75, 3.05) is 27.2 Å². The summed E-state index contributed by atoms with van der Waals surface area (Å²) in [4.78, 5) is 35.9. The average Bonchev–Trinajstić information content (AvgIpc) is 2.85. The highest BCUT2D eigenvalue weighted by molar-refractivity contribution is 5.83. The lowest BCUT2D eigenvalue weighted by molar-refractivity contribution is -0.142. The first kappa shape index (κ1) is 17.2. The Balaban J connectivity index is 2.34. The number of hydrogen-bond acceptors (Lipinski definition) is 5. The molecule has 0 spiro atoms. The summed E-state index contributed by atoms with van der Waals surface area (Å²) < 4.78 is 4.45. The summed E-state index contributed by atoms with van der Waals surface area (Å²) in [7, 11) is 3.23. The quantitative estimate of drug-likeness (QED) is 0.561. The van der Waals surface area contributed by atoms with Gasteiger partial charge in [-0.15, -0.1) is 0 Å². The summed E-state index contributed by atoms with van der Waals surface area (Å²) in [5.41, 5.74) is 0. The van der Waals surface area contributed by atoms with Crippen LogP contribution in [0.25, 0.3) is 0 Å². The van der Waals surface area contributed by atoms with E-state index in [1.54, 1.807) is 0 Å². The second-order valence-electron chi connectivity index (χ2n) is 5.14. The summed E-state index contributed by atoms with van der Waals surface area (Å²) in [6.07, 6.45) is 2.06. The van der Waals surface area contributed by atoms with Crippen LogP contribution in [0.3, 0.4) is 0 Å². The van der Waals surface area contributed by atoms with E-state index in [2.05, 4.69) is 20.3 Å². The third kappa shape index (κ3) is 5.99. The van der Waals surface area contributed by atoms with Crippen molar-refractivity contribution in [2.24, 2.45) is 0 Å². The zero-order valence-corrected chi connectivity index (χ0v) is 12.4. The fourth-order valence-electron chi connectivity index (χ4n) is 2.28. The lowest BCUT2D eigenvalue weighted by Crippen LogP contribution is -2.48. The number of carbonyl (C=O) groups is 3. The molecule has 8 heteroatoms. The van der Waals surface area contributed by atoms with Crippen LogP contribution in [0.1, 0.15) is 25.7 Å². The number of rotatable bonds is 7. The van der Waals surface area contributed by atoms with Crippen LogP contribution in [0.5, 0.6) is 0 Å². The van der Waals surface area contributed by atoms with Crippen LogP contribution < -0.4 is 10.6 Å². The number of likely N-dealkylation sites (N-methyl/N-ethyl adjacent to an activating group) is 1. The monoisotopic (exact) mass is 301 g/mol. The number of likely N-dealkylation sites (tertiary alicyclic amines) is 1. The fourth-order valence-corrected chi connectivity index (χ4v) is 2.28. The minimum atomic E-state index is -1.17. The Kier molecular flexibility index (Phi) is 6.93. The summed E-state index contributed by atoms with van der Waals surface area (Å²) in [6.45, 7) is 1.48. The van der Waals surface area contributed by atoms with Crippen molar-refractivity contribution in [3.8, 4) is 0 Å². The number of carboxylic acids is 1. The molecular weight excluding hydrogens is 278 g/mol. The fraction of sp³-hybridized carbons (Fsp3) is 0.769. The van der Waals surface area contributed by atoms with E-state index in [9.17, 15) is 14.4 Å². The topological polar surface area (TPSA) is 108 Å². The second-order valence-corrected chi connectivity index (χ2v) is 5.14. The zero-order valence-electron chi connectivity index (χ0n) is 12.4. The van der Waals surface area contributed by atoms with Gasteiger partial charge in [0.15, 0.2) is 0 Å². The van der Waals surface area contributed by atoms with Crippen LogP contribution >= 0.6 is 0 Å². The SMILES string of the molecule is COC(=O)CC[C@H](NC(=O)NCC1CCCN1C)C(=O)O. The van der Waals surface area contributed by atoms with Gasteiger partial charge in [-0.1, -0.05) is 0 Å². The summed E-state index contributed by atoms with van der Waals surface area (Å²) in [5.74, 6) is -1.68. The standard InChI is InChI=1S/C13H23N3O5/c1-16-7-3-4-9(16)8-14-13(20)15-10(12(18)19)5-6-11(17)21-2/h9-10H,3-8H2,1-2H3,(H,18,19)(H2,14,15,20)/t9?,10-/m0/s1. The number of urea groups is 1. The van der Waals surface area contributed by atoms with Crippen LogP contribution in [0.4, 0.5) is 4.79 Å². The molecule has 1 aliphatic heterocycles. The summed E-state index contributed by atoms with van der Waals surface area (Å²) in [6, 6.07) is -1.35. The first-order chi connectivity index (χ1) is 9.93. The molecule has 1 rings (SSSR count). The molecule has 0 radical (unpaired) electrons. The average molecular weight is 301 g/mol. The maximum Gasteiger partial charge on any atom is 0.326 e. The molecule has 8 nitrogen and oxygen atoms in total. The number of amides is 2. The van der Waals surface area contributed by atoms with Gasteiger partial charge in [0, 0.05) is 19.0 Å². The van der Waals surface area contributed by atoms with Crippen molar-refractivity contribution in [3.63, 3.8) is 0 Å². The summed E-state index contributed by atoms with van der Waals surface area (Å²) >= 11 is 0. The number of esters is 1. The van der Waals surface area contributed by atoms with Gasteiger partial charge in [0.05, 0.1) is 7.11 Å². The number of carbonyl (C=O) groups excluding carboxylic acids is 2. The van der Waals surface area contributed by atoms with Gasteiger partial charge in [0.1, 0.15) is 6.04 Å². The molecule has 0 aromatic carbocycles. The Hall–Kier alpha value is -1.83. The highest BCUT2D eigenvalue weighted by atomic mass is 16.5. The van der Waals surface area contributed by atoms with Crippen molar-refractivity contribution < 1.29 is 24.2 Å². The van der Waals surface area contributed by atoms with Crippen LogP contribution in [0.15, 0.2) is 0 Å². The highest BCUT2D eigenvalue weighted by Gasteiger charge is 2.24. The molecule has 21 heavy (non-hydrogen) atoms. The van der Waals surface area contributed by atoms with Crippen LogP contribution in [-0.4, -0.2) is 67.3 Å². The number of aliphatic carboxylic acids is 1. The second kappa shape index (κ2) is 8.46. The van der Waals surface area contributed by atoms with Crippen LogP contribution in [0.2, 0.25) is 0 Å². The number of methoxy groups -OCH3 is 1. The van der Waals surface area contributed by atoms with Crippen molar-refractivity contribution in [1.29, 1.82) is 0 Å². The third-order valence-electron chi connectivity index (χ3n) is 3.64. The Morgan fingerprint density at radius 2 is 2.14 bits per heavy atom. The molecule has 120 valence electrons. The molecule has 2 atom stereocenters. The largest absolute Gasteiger partial charge is 0.480 e. The predicted molar refractivity (Wildman–Crippen MR) is 74.9 cm³/mol.